The Morgan fingerprint density at radius 3 is 1.45 bits per heavy atom. The molecule has 0 aliphatic heterocycles. The monoisotopic (exact) mass is 699 g/mol. The first-order valence-corrected chi connectivity index (χ1v) is 18.3. The summed E-state index contributed by atoms with van der Waals surface area (Å²) in [4.78, 5) is 7.76. The summed E-state index contributed by atoms with van der Waals surface area (Å²) in [7, 11) is 0. The molecular formula is C50H29N5. The van der Waals surface area contributed by atoms with E-state index in [1.165, 1.54) is 32.6 Å². The molecule has 8 aromatic carbocycles. The van der Waals surface area contributed by atoms with E-state index in [9.17, 15) is 0 Å². The van der Waals surface area contributed by atoms with Crippen LogP contribution in [-0.2, 0) is 0 Å². The highest BCUT2D eigenvalue weighted by Crippen LogP contribution is 2.43. The molecule has 0 atom stereocenters. The summed E-state index contributed by atoms with van der Waals surface area (Å²) in [6.45, 7) is 16.0. The minimum Gasteiger partial charge on any atom is -0.320 e. The number of para-hydroxylation sites is 5. The third-order valence-electron chi connectivity index (χ3n) is 11.1. The molecule has 5 nitrogen and oxygen atoms in total. The van der Waals surface area contributed by atoms with Crippen molar-refractivity contribution in [2.24, 2.45) is 0 Å². The Hall–Kier alpha value is -7.86. The Morgan fingerprint density at radius 1 is 0.345 bits per heavy atom. The highest BCUT2D eigenvalue weighted by Gasteiger charge is 2.20. The molecule has 0 saturated carbocycles. The van der Waals surface area contributed by atoms with Crippen LogP contribution in [-0.4, -0.2) is 13.7 Å². The van der Waals surface area contributed by atoms with Crippen LogP contribution >= 0.6 is 0 Å². The summed E-state index contributed by atoms with van der Waals surface area (Å²) < 4.78 is 6.89. The highest BCUT2D eigenvalue weighted by atomic mass is 15.0. The first-order valence-electron chi connectivity index (χ1n) is 18.3. The maximum absolute atomic E-state index is 8.22. The average Bonchev–Trinajstić information content (AvgIpc) is 3.88. The van der Waals surface area contributed by atoms with Crippen molar-refractivity contribution in [1.82, 2.24) is 13.7 Å². The van der Waals surface area contributed by atoms with Gasteiger partial charge < -0.3 is 13.7 Å². The summed E-state index contributed by atoms with van der Waals surface area (Å²) in [5, 5.41) is 7.02. The van der Waals surface area contributed by atoms with Crippen LogP contribution in [0.15, 0.2) is 176 Å². The Kier molecular flexibility index (Phi) is 6.61. The molecule has 0 amide bonds. The first-order chi connectivity index (χ1) is 27.2. The van der Waals surface area contributed by atoms with E-state index in [2.05, 4.69) is 157 Å². The molecule has 0 fully saturated rings. The molecule has 0 radical (unpaired) electrons. The van der Waals surface area contributed by atoms with Crippen molar-refractivity contribution < 1.29 is 0 Å². The third-order valence-corrected chi connectivity index (χ3v) is 11.1. The lowest BCUT2D eigenvalue weighted by molar-refractivity contribution is 1.16. The molecule has 3 heterocycles. The second kappa shape index (κ2) is 11.8. The smallest absolute Gasteiger partial charge is 0.211 e. The molecule has 11 rings (SSSR count). The molecule has 55 heavy (non-hydrogen) atoms. The van der Waals surface area contributed by atoms with E-state index in [0.717, 1.165) is 61.0 Å². The van der Waals surface area contributed by atoms with Crippen molar-refractivity contribution in [2.45, 2.75) is 0 Å². The number of hydrogen-bond acceptors (Lipinski definition) is 0. The number of aromatic nitrogens is 3. The number of hydrogen-bond donors (Lipinski definition) is 0. The highest BCUT2D eigenvalue weighted by molar-refractivity contribution is 6.13. The van der Waals surface area contributed by atoms with E-state index >= 15 is 0 Å². The standard InChI is InChI=1S/C50H29N5/c1-51-33-24-28-41-39-14-5-10-21-47(39)55(49(41)30-33)50-36(16-11-17-43(50)52-2)32-22-25-34(26-23-32)53-46-20-9-6-15-40(46)42-31-35(27-29-48(42)53)54-44-18-7-3-12-37(44)38-13-4-8-19-45(38)54/h3-31H. The number of rotatable bonds is 4. The van der Waals surface area contributed by atoms with Gasteiger partial charge in [0, 0.05) is 49.2 Å². The fourth-order valence-corrected chi connectivity index (χ4v) is 8.73. The topological polar surface area (TPSA) is 23.5 Å². The van der Waals surface area contributed by atoms with Crippen LogP contribution in [0.2, 0.25) is 0 Å². The van der Waals surface area contributed by atoms with Gasteiger partial charge in [0.2, 0.25) is 5.69 Å². The number of fused-ring (bicyclic) bond motifs is 9. The van der Waals surface area contributed by atoms with Crippen LogP contribution in [0.4, 0.5) is 11.4 Å². The summed E-state index contributed by atoms with van der Waals surface area (Å²) in [5.74, 6) is 0. The summed E-state index contributed by atoms with van der Waals surface area (Å²) >= 11 is 0. The van der Waals surface area contributed by atoms with Crippen molar-refractivity contribution in [2.75, 3.05) is 0 Å². The maximum Gasteiger partial charge on any atom is 0.211 e. The van der Waals surface area contributed by atoms with Gasteiger partial charge in [-0.1, -0.05) is 115 Å². The van der Waals surface area contributed by atoms with Crippen LogP contribution in [0.5, 0.6) is 0 Å². The van der Waals surface area contributed by atoms with Crippen LogP contribution < -0.4 is 0 Å². The van der Waals surface area contributed by atoms with E-state index in [0.29, 0.717) is 11.4 Å². The van der Waals surface area contributed by atoms with Crippen molar-refractivity contribution in [3.05, 3.63) is 199 Å². The second-order valence-electron chi connectivity index (χ2n) is 13.9. The van der Waals surface area contributed by atoms with Gasteiger partial charge in [0.25, 0.3) is 0 Å². The molecule has 3 aromatic heterocycles. The Morgan fingerprint density at radius 2 is 0.855 bits per heavy atom. The zero-order valence-electron chi connectivity index (χ0n) is 29.5. The summed E-state index contributed by atoms with van der Waals surface area (Å²) in [6.07, 6.45) is 0. The van der Waals surface area contributed by atoms with Crippen LogP contribution in [0, 0.1) is 13.1 Å². The Labute approximate surface area is 316 Å². The van der Waals surface area contributed by atoms with Gasteiger partial charge in [-0.15, -0.1) is 0 Å². The first kappa shape index (κ1) is 30.7. The number of nitrogens with zero attached hydrogens (tertiary/aromatic N) is 5. The van der Waals surface area contributed by atoms with Gasteiger partial charge in [-0.25, -0.2) is 9.69 Å². The zero-order valence-corrected chi connectivity index (χ0v) is 29.5. The van der Waals surface area contributed by atoms with Gasteiger partial charge in [-0.2, -0.15) is 0 Å². The van der Waals surface area contributed by atoms with Crippen molar-refractivity contribution in [3.8, 4) is 28.2 Å². The molecular weight excluding hydrogens is 671 g/mol. The Bertz CT molecular complexity index is 3400. The Balaban J connectivity index is 1.09. The molecule has 0 N–H and O–H groups in total. The van der Waals surface area contributed by atoms with E-state index < -0.39 is 0 Å². The van der Waals surface area contributed by atoms with Crippen LogP contribution in [0.25, 0.3) is 103 Å². The summed E-state index contributed by atoms with van der Waals surface area (Å²) in [5.41, 5.74) is 12.6. The van der Waals surface area contributed by atoms with E-state index in [1.807, 2.05) is 42.5 Å². The zero-order chi connectivity index (χ0) is 36.6. The fourth-order valence-electron chi connectivity index (χ4n) is 8.73. The van der Waals surface area contributed by atoms with E-state index in [-0.39, 0.29) is 0 Å². The van der Waals surface area contributed by atoms with Crippen molar-refractivity contribution in [1.29, 1.82) is 0 Å². The minimum absolute atomic E-state index is 0.555. The quantitative estimate of drug-likeness (QED) is 0.163. The fraction of sp³-hybridized carbons (Fsp3) is 0. The summed E-state index contributed by atoms with van der Waals surface area (Å²) in [6, 6.07) is 61.4. The number of benzene rings is 8. The van der Waals surface area contributed by atoms with Crippen molar-refractivity contribution in [3.63, 3.8) is 0 Å². The van der Waals surface area contributed by atoms with E-state index in [4.69, 9.17) is 13.1 Å². The third kappa shape index (κ3) is 4.45. The van der Waals surface area contributed by atoms with Crippen LogP contribution in [0.1, 0.15) is 0 Å². The normalized spacial score (nSPS) is 11.6. The van der Waals surface area contributed by atoms with Gasteiger partial charge >= 0.3 is 0 Å². The maximum atomic E-state index is 8.22. The predicted octanol–water partition coefficient (Wildman–Crippen LogP) is 13.7. The van der Waals surface area contributed by atoms with Gasteiger partial charge in [-0.3, -0.25) is 0 Å². The molecule has 254 valence electrons. The lowest BCUT2D eigenvalue weighted by Crippen LogP contribution is -1.98. The van der Waals surface area contributed by atoms with Gasteiger partial charge in [0.15, 0.2) is 5.69 Å². The molecule has 0 aliphatic carbocycles. The predicted molar refractivity (Wildman–Crippen MR) is 227 cm³/mol. The second-order valence-corrected chi connectivity index (χ2v) is 13.9. The molecule has 11 aromatic rings. The molecule has 0 bridgehead atoms. The van der Waals surface area contributed by atoms with Crippen LogP contribution in [0.3, 0.4) is 0 Å². The van der Waals surface area contributed by atoms with Gasteiger partial charge in [0.05, 0.1) is 46.4 Å². The largest absolute Gasteiger partial charge is 0.320 e. The molecule has 0 aliphatic rings. The van der Waals surface area contributed by atoms with Crippen molar-refractivity contribution >= 4 is 76.8 Å². The average molecular weight is 700 g/mol. The minimum atomic E-state index is 0.555. The lowest BCUT2D eigenvalue weighted by Gasteiger charge is -2.17. The van der Waals surface area contributed by atoms with E-state index in [1.54, 1.807) is 0 Å². The molecule has 5 heteroatoms. The van der Waals surface area contributed by atoms with Gasteiger partial charge in [-0.05, 0) is 71.8 Å². The lowest BCUT2D eigenvalue weighted by atomic mass is 10.0. The van der Waals surface area contributed by atoms with Gasteiger partial charge in [0.1, 0.15) is 0 Å². The molecule has 0 spiro atoms. The SMILES string of the molecule is [C-]#[N+]c1ccc2c3ccccc3n(-c3c([N+]#[C-])cccc3-c3ccc(-n4c5ccccc5c5cc(-n6c7ccccc7c7ccccc76)ccc54)cc3)c2c1. The molecule has 0 saturated heterocycles. The molecule has 0 unspecified atom stereocenters.